The van der Waals surface area contributed by atoms with Crippen molar-refractivity contribution in [3.8, 4) is 5.75 Å². The normalized spacial score (nSPS) is 18.6. The van der Waals surface area contributed by atoms with Crippen LogP contribution in [0.4, 0.5) is 0 Å². The van der Waals surface area contributed by atoms with Gasteiger partial charge in [-0.15, -0.1) is 0 Å². The van der Waals surface area contributed by atoms with Crippen molar-refractivity contribution in [2.75, 3.05) is 13.7 Å². The van der Waals surface area contributed by atoms with Gasteiger partial charge in [-0.25, -0.2) is 0 Å². The van der Waals surface area contributed by atoms with Gasteiger partial charge in [-0.3, -0.25) is 9.59 Å². The smallest absolute Gasteiger partial charge is 0.320 e. The number of esters is 1. The fourth-order valence-electron chi connectivity index (χ4n) is 1.60. The monoisotopic (exact) mass is 240 g/mol. The lowest BCUT2D eigenvalue weighted by atomic mass is 9.95. The number of halogens is 1. The van der Waals surface area contributed by atoms with Crippen molar-refractivity contribution in [2.45, 2.75) is 0 Å². The third-order valence-corrected chi connectivity index (χ3v) is 2.73. The quantitative estimate of drug-likeness (QED) is 0.554. The Labute approximate surface area is 97.1 Å². The molecule has 0 fully saturated rings. The van der Waals surface area contributed by atoms with Crippen LogP contribution >= 0.6 is 11.6 Å². The second-order valence-electron chi connectivity index (χ2n) is 3.37. The lowest BCUT2D eigenvalue weighted by molar-refractivity contribution is -0.144. The van der Waals surface area contributed by atoms with Gasteiger partial charge in [-0.1, -0.05) is 17.7 Å². The van der Waals surface area contributed by atoms with E-state index < -0.39 is 11.9 Å². The Balaban J connectivity index is 2.40. The Bertz CT molecular complexity index is 455. The fraction of sp³-hybridized carbons (Fsp3) is 0.273. The van der Waals surface area contributed by atoms with Crippen LogP contribution in [0.5, 0.6) is 5.75 Å². The molecule has 1 heterocycles. The van der Waals surface area contributed by atoms with E-state index in [1.807, 2.05) is 0 Å². The van der Waals surface area contributed by atoms with Crippen LogP contribution in [0, 0.1) is 5.92 Å². The third-order valence-electron chi connectivity index (χ3n) is 2.43. The number of para-hydroxylation sites is 1. The fourth-order valence-corrected chi connectivity index (χ4v) is 1.83. The topological polar surface area (TPSA) is 52.6 Å². The zero-order chi connectivity index (χ0) is 11.7. The first-order chi connectivity index (χ1) is 7.65. The van der Waals surface area contributed by atoms with Gasteiger partial charge in [-0.05, 0) is 12.1 Å². The summed E-state index contributed by atoms with van der Waals surface area (Å²) < 4.78 is 9.84. The van der Waals surface area contributed by atoms with Crippen LogP contribution in [0.15, 0.2) is 18.2 Å². The van der Waals surface area contributed by atoms with Gasteiger partial charge in [0.1, 0.15) is 12.4 Å². The highest BCUT2D eigenvalue weighted by Crippen LogP contribution is 2.34. The molecule has 0 aromatic heterocycles. The molecule has 1 aromatic carbocycles. The van der Waals surface area contributed by atoms with Gasteiger partial charge in [0, 0.05) is 0 Å². The maximum atomic E-state index is 11.9. The predicted octanol–water partition coefficient (Wildman–Crippen LogP) is 1.70. The molecule has 1 unspecified atom stereocenters. The molecule has 0 N–H and O–H groups in total. The number of ether oxygens (including phenoxy) is 2. The van der Waals surface area contributed by atoms with Gasteiger partial charge < -0.3 is 9.47 Å². The molecule has 4 nitrogen and oxygen atoms in total. The molecular formula is C11H9ClO4. The van der Waals surface area contributed by atoms with Crippen molar-refractivity contribution < 1.29 is 19.1 Å². The van der Waals surface area contributed by atoms with E-state index in [2.05, 4.69) is 4.74 Å². The molecule has 1 aliphatic rings. The zero-order valence-electron chi connectivity index (χ0n) is 8.53. The lowest BCUT2D eigenvalue weighted by Crippen LogP contribution is -2.34. The van der Waals surface area contributed by atoms with Crippen LogP contribution < -0.4 is 4.74 Å². The average molecular weight is 241 g/mol. The van der Waals surface area contributed by atoms with Gasteiger partial charge in [0.2, 0.25) is 0 Å². The molecule has 16 heavy (non-hydrogen) atoms. The first kappa shape index (κ1) is 11.0. The van der Waals surface area contributed by atoms with Crippen molar-refractivity contribution in [1.82, 2.24) is 0 Å². The van der Waals surface area contributed by atoms with Crippen molar-refractivity contribution in [3.63, 3.8) is 0 Å². The van der Waals surface area contributed by atoms with E-state index in [4.69, 9.17) is 16.3 Å². The van der Waals surface area contributed by atoms with Gasteiger partial charge in [-0.2, -0.15) is 0 Å². The van der Waals surface area contributed by atoms with E-state index in [9.17, 15) is 9.59 Å². The Kier molecular flexibility index (Phi) is 2.83. The Morgan fingerprint density at radius 3 is 3.00 bits per heavy atom. The van der Waals surface area contributed by atoms with Crippen molar-refractivity contribution in [3.05, 3.63) is 28.8 Å². The summed E-state index contributed by atoms with van der Waals surface area (Å²) in [6.45, 7) is -0.0256. The minimum atomic E-state index is -0.893. The van der Waals surface area contributed by atoms with Gasteiger partial charge in [0.25, 0.3) is 0 Å². The van der Waals surface area contributed by atoms with E-state index in [1.54, 1.807) is 18.2 Å². The van der Waals surface area contributed by atoms with Gasteiger partial charge in [0.05, 0.1) is 17.7 Å². The number of ketones is 1. The molecule has 0 bridgehead atoms. The van der Waals surface area contributed by atoms with Crippen LogP contribution in [0.3, 0.4) is 0 Å². The van der Waals surface area contributed by atoms with Crippen LogP contribution in [0.25, 0.3) is 0 Å². The minimum absolute atomic E-state index is 0.0256. The summed E-state index contributed by atoms with van der Waals surface area (Å²) in [5.74, 6) is -1.45. The third kappa shape index (κ3) is 1.65. The molecule has 0 saturated carbocycles. The summed E-state index contributed by atoms with van der Waals surface area (Å²) in [4.78, 5) is 23.2. The second kappa shape index (κ2) is 4.14. The number of methoxy groups -OCH3 is 1. The van der Waals surface area contributed by atoms with Crippen molar-refractivity contribution >= 4 is 23.4 Å². The van der Waals surface area contributed by atoms with Crippen LogP contribution in [0.1, 0.15) is 10.4 Å². The molecule has 0 spiro atoms. The van der Waals surface area contributed by atoms with E-state index in [-0.39, 0.29) is 12.4 Å². The highest BCUT2D eigenvalue weighted by molar-refractivity contribution is 6.33. The minimum Gasteiger partial charge on any atom is -0.490 e. The van der Waals surface area contributed by atoms with E-state index in [0.717, 1.165) is 0 Å². The predicted molar refractivity (Wildman–Crippen MR) is 56.8 cm³/mol. The van der Waals surface area contributed by atoms with Gasteiger partial charge in [0.15, 0.2) is 11.7 Å². The molecule has 2 rings (SSSR count). The summed E-state index contributed by atoms with van der Waals surface area (Å²) in [6, 6.07) is 4.85. The molecule has 1 atom stereocenters. The summed E-state index contributed by atoms with van der Waals surface area (Å²) in [7, 11) is 1.24. The number of rotatable bonds is 1. The molecule has 0 radical (unpaired) electrons. The largest absolute Gasteiger partial charge is 0.490 e. The summed E-state index contributed by atoms with van der Waals surface area (Å²) in [5.41, 5.74) is 0.328. The molecule has 1 aromatic rings. The van der Waals surface area contributed by atoms with Crippen LogP contribution in [-0.2, 0) is 9.53 Å². The van der Waals surface area contributed by atoms with Crippen LogP contribution in [0.2, 0.25) is 5.02 Å². The maximum Gasteiger partial charge on any atom is 0.320 e. The summed E-state index contributed by atoms with van der Waals surface area (Å²) in [6.07, 6.45) is 0. The molecule has 1 aliphatic heterocycles. The Morgan fingerprint density at radius 2 is 2.31 bits per heavy atom. The second-order valence-corrected chi connectivity index (χ2v) is 3.77. The number of carbonyl (C=O) groups is 2. The molecule has 0 amide bonds. The summed E-state index contributed by atoms with van der Waals surface area (Å²) >= 11 is 5.88. The number of hydrogen-bond acceptors (Lipinski definition) is 4. The highest BCUT2D eigenvalue weighted by Gasteiger charge is 2.35. The molecular weight excluding hydrogens is 232 g/mol. The standard InChI is InChI=1S/C11H9ClO4/c1-15-11(14)7-5-16-10-6(9(7)13)3-2-4-8(10)12/h2-4,7H,5H2,1H3. The van der Waals surface area contributed by atoms with Gasteiger partial charge >= 0.3 is 5.97 Å². The lowest BCUT2D eigenvalue weighted by Gasteiger charge is -2.22. The average Bonchev–Trinajstić information content (AvgIpc) is 2.30. The van der Waals surface area contributed by atoms with E-state index >= 15 is 0 Å². The number of hydrogen-bond donors (Lipinski definition) is 0. The Hall–Kier alpha value is -1.55. The first-order valence-electron chi connectivity index (χ1n) is 4.68. The number of Topliss-reactive ketones (excluding diaryl/α,β-unsaturated/α-hetero) is 1. The molecule has 0 aliphatic carbocycles. The Morgan fingerprint density at radius 1 is 1.56 bits per heavy atom. The summed E-state index contributed by atoms with van der Waals surface area (Å²) in [5, 5.41) is 0.370. The van der Waals surface area contributed by atoms with Crippen LogP contribution in [-0.4, -0.2) is 25.5 Å². The number of fused-ring (bicyclic) bond motifs is 1. The van der Waals surface area contributed by atoms with E-state index in [1.165, 1.54) is 7.11 Å². The number of benzene rings is 1. The zero-order valence-corrected chi connectivity index (χ0v) is 9.28. The highest BCUT2D eigenvalue weighted by atomic mass is 35.5. The van der Waals surface area contributed by atoms with Crippen molar-refractivity contribution in [2.24, 2.45) is 5.92 Å². The maximum absolute atomic E-state index is 11.9. The van der Waals surface area contributed by atoms with E-state index in [0.29, 0.717) is 16.3 Å². The molecule has 5 heteroatoms. The first-order valence-corrected chi connectivity index (χ1v) is 5.06. The van der Waals surface area contributed by atoms with Crippen molar-refractivity contribution in [1.29, 1.82) is 0 Å². The molecule has 84 valence electrons. The SMILES string of the molecule is COC(=O)C1COc2c(Cl)cccc2C1=O. The molecule has 0 saturated heterocycles. The number of carbonyl (C=O) groups excluding carboxylic acids is 2.